The zero-order chi connectivity index (χ0) is 11.3. The highest BCUT2D eigenvalue weighted by atomic mass is 32.2. The van der Waals surface area contributed by atoms with Crippen molar-refractivity contribution in [3.63, 3.8) is 0 Å². The summed E-state index contributed by atoms with van der Waals surface area (Å²) < 4.78 is 5.39. The van der Waals surface area contributed by atoms with Gasteiger partial charge in [-0.15, -0.1) is 11.8 Å². The first-order valence-electron chi connectivity index (χ1n) is 5.98. The lowest BCUT2D eigenvalue weighted by atomic mass is 10.1. The van der Waals surface area contributed by atoms with Gasteiger partial charge >= 0.3 is 5.97 Å². The Bertz CT molecular complexity index is 218. The van der Waals surface area contributed by atoms with E-state index < -0.39 is 0 Å². The topological polar surface area (TPSA) is 26.3 Å². The van der Waals surface area contributed by atoms with Crippen molar-refractivity contribution in [1.29, 1.82) is 0 Å². The number of unbranched alkanes of at least 4 members (excludes halogenated alkanes) is 4. The number of ether oxygens (including phenoxy) is 1. The van der Waals surface area contributed by atoms with E-state index in [1.165, 1.54) is 32.1 Å². The minimum Gasteiger partial charge on any atom is -0.447 e. The molecule has 0 aromatic rings. The molecule has 3 heteroatoms. The molecule has 0 N–H and O–H groups in total. The molecule has 1 aliphatic heterocycles. The minimum atomic E-state index is -0.247. The third-order valence-electron chi connectivity index (χ3n) is 2.81. The summed E-state index contributed by atoms with van der Waals surface area (Å²) in [5.74, 6) is -0.0453. The Balaban J connectivity index is 2.18. The van der Waals surface area contributed by atoms with Gasteiger partial charge in [-0.2, -0.15) is 0 Å². The van der Waals surface area contributed by atoms with Gasteiger partial charge in [0.2, 0.25) is 0 Å². The molecular weight excluding hydrogens is 208 g/mol. The van der Waals surface area contributed by atoms with E-state index in [-0.39, 0.29) is 16.2 Å². The Morgan fingerprint density at radius 2 is 2.00 bits per heavy atom. The van der Waals surface area contributed by atoms with Crippen LogP contribution >= 0.6 is 11.8 Å². The van der Waals surface area contributed by atoms with Crippen molar-refractivity contribution in [3.05, 3.63) is 0 Å². The summed E-state index contributed by atoms with van der Waals surface area (Å²) in [7, 11) is 0. The van der Waals surface area contributed by atoms with Crippen LogP contribution < -0.4 is 0 Å². The Morgan fingerprint density at radius 3 is 2.53 bits per heavy atom. The summed E-state index contributed by atoms with van der Waals surface area (Å²) >= 11 is 1.67. The van der Waals surface area contributed by atoms with E-state index in [0.717, 1.165) is 6.42 Å². The molecule has 2 atom stereocenters. The number of hydrogen-bond donors (Lipinski definition) is 0. The molecule has 88 valence electrons. The summed E-state index contributed by atoms with van der Waals surface area (Å²) in [6.07, 6.45) is 7.33. The third kappa shape index (κ3) is 4.06. The van der Waals surface area contributed by atoms with Crippen LogP contribution in [0.3, 0.4) is 0 Å². The second kappa shape index (κ2) is 5.78. The van der Waals surface area contributed by atoms with E-state index in [1.54, 1.807) is 11.8 Å². The maximum absolute atomic E-state index is 11.3. The van der Waals surface area contributed by atoms with Gasteiger partial charge in [0, 0.05) is 0 Å². The van der Waals surface area contributed by atoms with Crippen LogP contribution in [0, 0.1) is 0 Å². The number of esters is 1. The molecule has 0 aromatic heterocycles. The standard InChI is InChI=1S/C12H22O2S/c1-4-5-6-7-8-9-12(3)14-11(13)10(2)15-12/h10H,4-9H2,1-3H3. The van der Waals surface area contributed by atoms with Gasteiger partial charge in [0.25, 0.3) is 0 Å². The number of cyclic esters (lactones) is 1. The van der Waals surface area contributed by atoms with Crippen molar-refractivity contribution < 1.29 is 9.53 Å². The zero-order valence-corrected chi connectivity index (χ0v) is 10.9. The molecule has 0 spiro atoms. The van der Waals surface area contributed by atoms with Crippen LogP contribution in [-0.2, 0) is 9.53 Å². The second-order valence-corrected chi connectivity index (χ2v) is 6.29. The molecule has 0 amide bonds. The molecule has 2 nitrogen and oxygen atoms in total. The van der Waals surface area contributed by atoms with E-state index in [4.69, 9.17) is 4.74 Å². The highest BCUT2D eigenvalue weighted by Crippen LogP contribution is 2.41. The lowest BCUT2D eigenvalue weighted by molar-refractivity contribution is -0.147. The third-order valence-corrected chi connectivity index (χ3v) is 4.14. The van der Waals surface area contributed by atoms with Crippen LogP contribution in [0.2, 0.25) is 0 Å². The highest BCUT2D eigenvalue weighted by molar-refractivity contribution is 8.02. The first kappa shape index (κ1) is 12.9. The van der Waals surface area contributed by atoms with Gasteiger partial charge in [-0.25, -0.2) is 0 Å². The molecule has 0 aliphatic carbocycles. The largest absolute Gasteiger partial charge is 0.447 e. The molecule has 2 unspecified atom stereocenters. The summed E-state index contributed by atoms with van der Waals surface area (Å²) in [6.45, 7) is 6.19. The summed E-state index contributed by atoms with van der Waals surface area (Å²) in [5.41, 5.74) is 0. The number of carbonyl (C=O) groups is 1. The van der Waals surface area contributed by atoms with Crippen molar-refractivity contribution in [2.24, 2.45) is 0 Å². The maximum Gasteiger partial charge on any atom is 0.320 e. The molecule has 0 aromatic carbocycles. The molecule has 15 heavy (non-hydrogen) atoms. The fourth-order valence-corrected chi connectivity index (χ4v) is 3.19. The summed E-state index contributed by atoms with van der Waals surface area (Å²) in [6, 6.07) is 0. The van der Waals surface area contributed by atoms with Gasteiger partial charge in [0.1, 0.15) is 5.25 Å². The Labute approximate surface area is 97.1 Å². The molecule has 1 rings (SSSR count). The molecule has 0 saturated carbocycles. The average molecular weight is 230 g/mol. The van der Waals surface area contributed by atoms with E-state index in [2.05, 4.69) is 6.92 Å². The van der Waals surface area contributed by atoms with Crippen molar-refractivity contribution in [1.82, 2.24) is 0 Å². The van der Waals surface area contributed by atoms with Gasteiger partial charge in [0.05, 0.1) is 0 Å². The molecular formula is C12H22O2S. The summed E-state index contributed by atoms with van der Waals surface area (Å²) in [4.78, 5) is 11.0. The van der Waals surface area contributed by atoms with Crippen LogP contribution in [0.25, 0.3) is 0 Å². The highest BCUT2D eigenvalue weighted by Gasteiger charge is 2.41. The van der Waals surface area contributed by atoms with Crippen molar-refractivity contribution >= 4 is 17.7 Å². The molecule has 1 fully saturated rings. The zero-order valence-electron chi connectivity index (χ0n) is 10.0. The van der Waals surface area contributed by atoms with Gasteiger partial charge in [-0.3, -0.25) is 4.79 Å². The molecule has 1 heterocycles. The predicted molar refractivity (Wildman–Crippen MR) is 64.9 cm³/mol. The first-order valence-corrected chi connectivity index (χ1v) is 6.86. The lowest BCUT2D eigenvalue weighted by Gasteiger charge is -2.21. The van der Waals surface area contributed by atoms with Crippen LogP contribution in [-0.4, -0.2) is 16.2 Å². The quantitative estimate of drug-likeness (QED) is 0.513. The van der Waals surface area contributed by atoms with E-state index in [1.807, 2.05) is 13.8 Å². The Hall–Kier alpha value is -0.180. The van der Waals surface area contributed by atoms with Gasteiger partial charge < -0.3 is 4.74 Å². The smallest absolute Gasteiger partial charge is 0.320 e. The minimum absolute atomic E-state index is 0.0191. The molecule has 0 bridgehead atoms. The molecule has 0 radical (unpaired) electrons. The number of rotatable bonds is 6. The van der Waals surface area contributed by atoms with Gasteiger partial charge in [-0.05, 0) is 26.7 Å². The van der Waals surface area contributed by atoms with Crippen molar-refractivity contribution in [2.75, 3.05) is 0 Å². The SMILES string of the molecule is CCCCCCCC1(C)OC(=O)C(C)S1. The van der Waals surface area contributed by atoms with E-state index in [0.29, 0.717) is 0 Å². The van der Waals surface area contributed by atoms with E-state index >= 15 is 0 Å². The Morgan fingerprint density at radius 1 is 1.33 bits per heavy atom. The van der Waals surface area contributed by atoms with Crippen LogP contribution in [0.15, 0.2) is 0 Å². The second-order valence-electron chi connectivity index (χ2n) is 4.48. The fourth-order valence-electron chi connectivity index (χ4n) is 1.90. The van der Waals surface area contributed by atoms with Crippen molar-refractivity contribution in [2.45, 2.75) is 69.5 Å². The Kier molecular flexibility index (Phi) is 4.97. The maximum atomic E-state index is 11.3. The monoisotopic (exact) mass is 230 g/mol. The van der Waals surface area contributed by atoms with Crippen LogP contribution in [0.4, 0.5) is 0 Å². The fraction of sp³-hybridized carbons (Fsp3) is 0.917. The number of thioether (sulfide) groups is 1. The normalized spacial score (nSPS) is 30.6. The average Bonchev–Trinajstić information content (AvgIpc) is 2.41. The van der Waals surface area contributed by atoms with Crippen LogP contribution in [0.1, 0.15) is 59.3 Å². The molecule has 1 saturated heterocycles. The predicted octanol–water partition coefficient (Wildman–Crippen LogP) is 3.74. The van der Waals surface area contributed by atoms with Crippen LogP contribution in [0.5, 0.6) is 0 Å². The molecule has 1 aliphatic rings. The van der Waals surface area contributed by atoms with Gasteiger partial charge in [0.15, 0.2) is 4.93 Å². The van der Waals surface area contributed by atoms with Gasteiger partial charge in [-0.1, -0.05) is 32.6 Å². The number of carbonyl (C=O) groups excluding carboxylic acids is 1. The summed E-state index contributed by atoms with van der Waals surface area (Å²) in [5, 5.41) is 0.0191. The first-order chi connectivity index (χ1) is 7.07. The van der Waals surface area contributed by atoms with Crippen molar-refractivity contribution in [3.8, 4) is 0 Å². The van der Waals surface area contributed by atoms with E-state index in [9.17, 15) is 4.79 Å². The lowest BCUT2D eigenvalue weighted by Crippen LogP contribution is -2.20. The number of hydrogen-bond acceptors (Lipinski definition) is 3.